The van der Waals surface area contributed by atoms with E-state index in [2.05, 4.69) is 23.5 Å². The molecule has 0 N–H and O–H groups in total. The zero-order valence-electron chi connectivity index (χ0n) is 9.11. The standard InChI is InChI=1S/C9H17FN2O2S/c1-3-11(4-2)5-6-15-8-7-14-9(13)12(8)10/h8H,3-7H2,1-2H3. The number of carbonyl (C=O) groups is 1. The van der Waals surface area contributed by atoms with Crippen LogP contribution in [-0.4, -0.2) is 53.5 Å². The second-order valence-corrected chi connectivity index (χ2v) is 4.53. The van der Waals surface area contributed by atoms with Gasteiger partial charge in [0.2, 0.25) is 0 Å². The van der Waals surface area contributed by atoms with Gasteiger partial charge in [-0.05, 0) is 13.1 Å². The molecule has 0 spiro atoms. The summed E-state index contributed by atoms with van der Waals surface area (Å²) in [5.41, 5.74) is 0. The van der Waals surface area contributed by atoms with E-state index in [0.29, 0.717) is 0 Å². The molecule has 88 valence electrons. The third kappa shape index (κ3) is 3.53. The van der Waals surface area contributed by atoms with Crippen molar-refractivity contribution in [2.75, 3.05) is 32.0 Å². The van der Waals surface area contributed by atoms with Crippen molar-refractivity contribution in [1.29, 1.82) is 0 Å². The molecular weight excluding hydrogens is 219 g/mol. The molecule has 0 saturated carbocycles. The molecule has 4 nitrogen and oxygen atoms in total. The van der Waals surface area contributed by atoms with Crippen molar-refractivity contribution in [2.45, 2.75) is 19.2 Å². The first kappa shape index (κ1) is 12.6. The summed E-state index contributed by atoms with van der Waals surface area (Å²) in [6.07, 6.45) is -0.865. The van der Waals surface area contributed by atoms with Crippen molar-refractivity contribution in [3.8, 4) is 0 Å². The molecule has 1 amide bonds. The minimum absolute atomic E-state index is 0.151. The van der Waals surface area contributed by atoms with E-state index in [1.54, 1.807) is 0 Å². The second-order valence-electron chi connectivity index (χ2n) is 3.24. The van der Waals surface area contributed by atoms with Crippen molar-refractivity contribution in [1.82, 2.24) is 10.0 Å². The first-order chi connectivity index (χ1) is 7.19. The Morgan fingerprint density at radius 3 is 2.73 bits per heavy atom. The molecule has 0 aliphatic carbocycles. The van der Waals surface area contributed by atoms with E-state index in [1.807, 2.05) is 0 Å². The summed E-state index contributed by atoms with van der Waals surface area (Å²) in [7, 11) is 0. The molecule has 0 radical (unpaired) electrons. The van der Waals surface area contributed by atoms with E-state index < -0.39 is 11.5 Å². The average Bonchev–Trinajstić information content (AvgIpc) is 2.56. The van der Waals surface area contributed by atoms with Gasteiger partial charge in [-0.25, -0.2) is 4.79 Å². The summed E-state index contributed by atoms with van der Waals surface area (Å²) in [5.74, 6) is 0.809. The largest absolute Gasteiger partial charge is 0.444 e. The van der Waals surface area contributed by atoms with Crippen LogP contribution in [0.15, 0.2) is 0 Å². The lowest BCUT2D eigenvalue weighted by Gasteiger charge is -2.18. The maximum Gasteiger partial charge on any atom is 0.439 e. The summed E-state index contributed by atoms with van der Waals surface area (Å²) in [6.45, 7) is 7.25. The van der Waals surface area contributed by atoms with Crippen LogP contribution in [0.3, 0.4) is 0 Å². The highest BCUT2D eigenvalue weighted by Crippen LogP contribution is 2.23. The first-order valence-electron chi connectivity index (χ1n) is 5.14. The molecule has 1 aliphatic rings. The quantitative estimate of drug-likeness (QED) is 0.657. The number of carbonyl (C=O) groups excluding carboxylic acids is 1. The van der Waals surface area contributed by atoms with E-state index in [-0.39, 0.29) is 11.7 Å². The highest BCUT2D eigenvalue weighted by molar-refractivity contribution is 7.99. The van der Waals surface area contributed by atoms with Crippen LogP contribution in [-0.2, 0) is 4.74 Å². The fraction of sp³-hybridized carbons (Fsp3) is 0.889. The molecule has 0 aromatic heterocycles. The van der Waals surface area contributed by atoms with Gasteiger partial charge < -0.3 is 9.64 Å². The Kier molecular flexibility index (Phi) is 5.17. The van der Waals surface area contributed by atoms with Crippen molar-refractivity contribution < 1.29 is 14.0 Å². The molecule has 0 aromatic rings. The fourth-order valence-corrected chi connectivity index (χ4v) is 2.38. The molecule has 6 heteroatoms. The number of halogens is 1. The maximum atomic E-state index is 13.0. The van der Waals surface area contributed by atoms with Crippen LogP contribution in [0.25, 0.3) is 0 Å². The predicted octanol–water partition coefficient (Wildman–Crippen LogP) is 1.72. The average molecular weight is 236 g/mol. The van der Waals surface area contributed by atoms with Gasteiger partial charge in [-0.2, -0.15) is 0 Å². The van der Waals surface area contributed by atoms with Crippen LogP contribution in [0, 0.1) is 0 Å². The van der Waals surface area contributed by atoms with Gasteiger partial charge in [0.15, 0.2) is 0 Å². The van der Waals surface area contributed by atoms with Crippen molar-refractivity contribution >= 4 is 17.9 Å². The van der Waals surface area contributed by atoms with Gasteiger partial charge in [-0.3, -0.25) is 0 Å². The Morgan fingerprint density at radius 1 is 1.60 bits per heavy atom. The fourth-order valence-electron chi connectivity index (χ4n) is 1.36. The van der Waals surface area contributed by atoms with Gasteiger partial charge in [0, 0.05) is 12.3 Å². The first-order valence-corrected chi connectivity index (χ1v) is 6.19. The van der Waals surface area contributed by atoms with Crippen LogP contribution >= 0.6 is 11.8 Å². The van der Waals surface area contributed by atoms with Crippen molar-refractivity contribution in [3.63, 3.8) is 0 Å². The van der Waals surface area contributed by atoms with Crippen LogP contribution < -0.4 is 0 Å². The van der Waals surface area contributed by atoms with Crippen LogP contribution in [0.4, 0.5) is 9.28 Å². The molecule has 1 unspecified atom stereocenters. The van der Waals surface area contributed by atoms with E-state index in [1.165, 1.54) is 11.8 Å². The van der Waals surface area contributed by atoms with Crippen molar-refractivity contribution in [2.24, 2.45) is 0 Å². The Morgan fingerprint density at radius 2 is 2.27 bits per heavy atom. The monoisotopic (exact) mass is 236 g/mol. The van der Waals surface area contributed by atoms with Gasteiger partial charge in [-0.15, -0.1) is 16.9 Å². The molecule has 15 heavy (non-hydrogen) atoms. The zero-order chi connectivity index (χ0) is 11.3. The lowest BCUT2D eigenvalue weighted by molar-refractivity contribution is 0.0672. The third-order valence-electron chi connectivity index (χ3n) is 2.39. The van der Waals surface area contributed by atoms with Gasteiger partial charge in [0.25, 0.3) is 0 Å². The molecule has 0 bridgehead atoms. The van der Waals surface area contributed by atoms with Gasteiger partial charge in [0.05, 0.1) is 0 Å². The van der Waals surface area contributed by atoms with Crippen LogP contribution in [0.1, 0.15) is 13.8 Å². The Hall–Kier alpha value is -0.490. The summed E-state index contributed by atoms with van der Waals surface area (Å²) < 4.78 is 17.6. The zero-order valence-corrected chi connectivity index (χ0v) is 9.93. The number of hydrogen-bond donors (Lipinski definition) is 0. The Bertz CT molecular complexity index is 214. The predicted molar refractivity (Wildman–Crippen MR) is 58.3 cm³/mol. The summed E-state index contributed by atoms with van der Waals surface area (Å²) >= 11 is 1.42. The van der Waals surface area contributed by atoms with Crippen LogP contribution in [0.2, 0.25) is 0 Å². The minimum atomic E-state index is -0.865. The van der Waals surface area contributed by atoms with Crippen molar-refractivity contribution in [3.05, 3.63) is 0 Å². The number of ether oxygens (including phenoxy) is 1. The molecule has 1 saturated heterocycles. The number of nitrogens with zero attached hydrogens (tertiary/aromatic N) is 2. The second kappa shape index (κ2) is 6.17. The van der Waals surface area contributed by atoms with Gasteiger partial charge >= 0.3 is 6.09 Å². The molecular formula is C9H17FN2O2S. The van der Waals surface area contributed by atoms with Gasteiger partial charge in [0.1, 0.15) is 12.0 Å². The molecule has 1 heterocycles. The summed E-state index contributed by atoms with van der Waals surface area (Å²) in [4.78, 5) is 13.0. The number of cyclic esters (lactones) is 1. The summed E-state index contributed by atoms with van der Waals surface area (Å²) in [5, 5.41) is -0.291. The van der Waals surface area contributed by atoms with Crippen LogP contribution in [0.5, 0.6) is 0 Å². The Balaban J connectivity index is 2.17. The highest BCUT2D eigenvalue weighted by atomic mass is 32.2. The van der Waals surface area contributed by atoms with E-state index in [4.69, 9.17) is 0 Å². The van der Waals surface area contributed by atoms with E-state index in [9.17, 15) is 9.28 Å². The number of amides is 1. The number of rotatable bonds is 6. The lowest BCUT2D eigenvalue weighted by atomic mass is 10.5. The van der Waals surface area contributed by atoms with E-state index >= 15 is 0 Å². The third-order valence-corrected chi connectivity index (χ3v) is 3.51. The normalized spacial score (nSPS) is 21.2. The molecule has 1 rings (SSSR count). The Labute approximate surface area is 93.7 Å². The number of hydrogen-bond acceptors (Lipinski definition) is 4. The molecule has 0 aromatic carbocycles. The lowest BCUT2D eigenvalue weighted by Crippen LogP contribution is -2.28. The summed E-state index contributed by atoms with van der Waals surface area (Å²) in [6, 6.07) is 0. The minimum Gasteiger partial charge on any atom is -0.444 e. The molecule has 1 atom stereocenters. The topological polar surface area (TPSA) is 32.8 Å². The molecule has 1 fully saturated rings. The molecule has 1 aliphatic heterocycles. The smallest absolute Gasteiger partial charge is 0.439 e. The SMILES string of the molecule is CCN(CC)CCSC1COC(=O)N1F. The highest BCUT2D eigenvalue weighted by Gasteiger charge is 2.33. The maximum absolute atomic E-state index is 13.0. The van der Waals surface area contributed by atoms with E-state index in [0.717, 1.165) is 25.4 Å². The number of thioether (sulfide) groups is 1. The van der Waals surface area contributed by atoms with Gasteiger partial charge in [-0.1, -0.05) is 18.3 Å².